The van der Waals surface area contributed by atoms with E-state index >= 15 is 0 Å². The molecular weight excluding hydrogens is 479 g/mol. The normalized spacial score (nSPS) is 10.7. The number of aliphatic imine (C=N–C) groups is 1. The van der Waals surface area contributed by atoms with Crippen LogP contribution in [0.25, 0.3) is 0 Å². The topological polar surface area (TPSA) is 67.8 Å². The Kier molecular flexibility index (Phi) is 11.6. The van der Waals surface area contributed by atoms with Crippen LogP contribution in [-0.4, -0.2) is 44.3 Å². The molecule has 8 heteroatoms. The molecule has 0 unspecified atom stereocenters. The fourth-order valence-electron chi connectivity index (χ4n) is 2.26. The van der Waals surface area contributed by atoms with Crippen LogP contribution in [0.1, 0.15) is 12.5 Å². The Morgan fingerprint density at radius 2 is 2.07 bits per heavy atom. The van der Waals surface area contributed by atoms with Crippen LogP contribution in [-0.2, 0) is 6.42 Å². The maximum Gasteiger partial charge on any atom is 0.191 e. The molecule has 0 saturated carbocycles. The number of methoxy groups -OCH3 is 1. The highest BCUT2D eigenvalue weighted by Crippen LogP contribution is 2.22. The van der Waals surface area contributed by atoms with Crippen LogP contribution in [0.5, 0.6) is 11.5 Å². The molecule has 0 spiro atoms. The van der Waals surface area contributed by atoms with Gasteiger partial charge in [-0.2, -0.15) is 0 Å². The van der Waals surface area contributed by atoms with Crippen molar-refractivity contribution in [3.63, 3.8) is 0 Å². The van der Waals surface area contributed by atoms with Crippen LogP contribution >= 0.6 is 35.6 Å². The maximum atomic E-state index is 6.26. The molecule has 0 saturated heterocycles. The second kappa shape index (κ2) is 13.4. The molecule has 0 amide bonds. The van der Waals surface area contributed by atoms with Crippen LogP contribution in [0.15, 0.2) is 47.7 Å². The number of aromatic nitrogens is 1. The molecule has 0 fully saturated rings. The van der Waals surface area contributed by atoms with Gasteiger partial charge in [-0.25, -0.2) is 0 Å². The molecule has 2 rings (SSSR count). The SMILES string of the molecule is CCNC(=NCCc1ccc(OC)cc1Cl)NCCOc1cccnc1.I. The molecule has 2 aromatic rings. The van der Waals surface area contributed by atoms with Gasteiger partial charge in [-0.15, -0.1) is 24.0 Å². The zero-order chi connectivity index (χ0) is 18.6. The number of benzene rings is 1. The zero-order valence-electron chi connectivity index (χ0n) is 15.6. The highest BCUT2D eigenvalue weighted by atomic mass is 127. The van der Waals surface area contributed by atoms with E-state index in [9.17, 15) is 0 Å². The molecule has 1 aromatic heterocycles. The van der Waals surface area contributed by atoms with Gasteiger partial charge in [0, 0.05) is 24.3 Å². The van der Waals surface area contributed by atoms with Gasteiger partial charge < -0.3 is 20.1 Å². The fourth-order valence-corrected chi connectivity index (χ4v) is 2.52. The Hall–Kier alpha value is -1.74. The summed E-state index contributed by atoms with van der Waals surface area (Å²) >= 11 is 6.26. The zero-order valence-corrected chi connectivity index (χ0v) is 18.7. The van der Waals surface area contributed by atoms with E-state index in [1.165, 1.54) is 0 Å². The van der Waals surface area contributed by atoms with Gasteiger partial charge in [0.25, 0.3) is 0 Å². The molecule has 0 aliphatic heterocycles. The summed E-state index contributed by atoms with van der Waals surface area (Å²) in [5.41, 5.74) is 1.05. The van der Waals surface area contributed by atoms with Crippen LogP contribution in [0.4, 0.5) is 0 Å². The summed E-state index contributed by atoms with van der Waals surface area (Å²) in [5, 5.41) is 7.17. The number of halogens is 2. The van der Waals surface area contributed by atoms with Gasteiger partial charge in [-0.1, -0.05) is 17.7 Å². The predicted molar refractivity (Wildman–Crippen MR) is 121 cm³/mol. The van der Waals surface area contributed by atoms with Crippen molar-refractivity contribution in [2.24, 2.45) is 4.99 Å². The van der Waals surface area contributed by atoms with Gasteiger partial charge in [-0.3, -0.25) is 9.98 Å². The Balaban J connectivity index is 0.00000364. The summed E-state index contributed by atoms with van der Waals surface area (Å²) in [6.07, 6.45) is 4.17. The summed E-state index contributed by atoms with van der Waals surface area (Å²) in [5.74, 6) is 2.27. The van der Waals surface area contributed by atoms with Crippen molar-refractivity contribution < 1.29 is 9.47 Å². The largest absolute Gasteiger partial charge is 0.497 e. The number of hydrogen-bond donors (Lipinski definition) is 2. The van der Waals surface area contributed by atoms with Gasteiger partial charge in [0.15, 0.2) is 5.96 Å². The first-order valence-electron chi connectivity index (χ1n) is 8.60. The number of hydrogen-bond acceptors (Lipinski definition) is 4. The molecule has 0 atom stereocenters. The minimum absolute atomic E-state index is 0. The lowest BCUT2D eigenvalue weighted by molar-refractivity contribution is 0.320. The molecule has 1 aromatic carbocycles. The van der Waals surface area contributed by atoms with Crippen molar-refractivity contribution in [1.29, 1.82) is 0 Å². The highest BCUT2D eigenvalue weighted by Gasteiger charge is 2.03. The first-order chi connectivity index (χ1) is 12.7. The van der Waals surface area contributed by atoms with Crippen LogP contribution in [0, 0.1) is 0 Å². The highest BCUT2D eigenvalue weighted by molar-refractivity contribution is 14.0. The molecule has 0 bridgehead atoms. The third kappa shape index (κ3) is 8.66. The first kappa shape index (κ1) is 23.3. The van der Waals surface area contributed by atoms with Gasteiger partial charge in [0.2, 0.25) is 0 Å². The molecular formula is C19H26ClIN4O2. The van der Waals surface area contributed by atoms with E-state index in [-0.39, 0.29) is 24.0 Å². The van der Waals surface area contributed by atoms with Crippen molar-refractivity contribution in [2.75, 3.05) is 33.4 Å². The third-order valence-electron chi connectivity index (χ3n) is 3.55. The molecule has 2 N–H and O–H groups in total. The third-order valence-corrected chi connectivity index (χ3v) is 3.90. The van der Waals surface area contributed by atoms with Crippen molar-refractivity contribution in [1.82, 2.24) is 15.6 Å². The second-order valence-electron chi connectivity index (χ2n) is 5.43. The summed E-state index contributed by atoms with van der Waals surface area (Å²) in [7, 11) is 1.63. The summed E-state index contributed by atoms with van der Waals surface area (Å²) < 4.78 is 10.8. The van der Waals surface area contributed by atoms with Gasteiger partial charge in [-0.05, 0) is 43.2 Å². The molecule has 0 aliphatic carbocycles. The van der Waals surface area contributed by atoms with Crippen molar-refractivity contribution >= 4 is 41.5 Å². The van der Waals surface area contributed by atoms with E-state index in [1.54, 1.807) is 19.5 Å². The molecule has 1 heterocycles. The van der Waals surface area contributed by atoms with E-state index in [0.717, 1.165) is 36.0 Å². The fraction of sp³-hybridized carbons (Fsp3) is 0.368. The van der Waals surface area contributed by atoms with E-state index in [2.05, 4.69) is 20.6 Å². The Morgan fingerprint density at radius 3 is 2.74 bits per heavy atom. The lowest BCUT2D eigenvalue weighted by atomic mass is 10.1. The lowest BCUT2D eigenvalue weighted by Gasteiger charge is -2.12. The summed E-state index contributed by atoms with van der Waals surface area (Å²) in [6.45, 7) is 4.62. The van der Waals surface area contributed by atoms with Crippen molar-refractivity contribution in [3.8, 4) is 11.5 Å². The van der Waals surface area contributed by atoms with Gasteiger partial charge in [0.1, 0.15) is 18.1 Å². The molecule has 0 radical (unpaired) electrons. The van der Waals surface area contributed by atoms with E-state index in [4.69, 9.17) is 21.1 Å². The first-order valence-corrected chi connectivity index (χ1v) is 8.98. The van der Waals surface area contributed by atoms with Crippen molar-refractivity contribution in [2.45, 2.75) is 13.3 Å². The Labute approximate surface area is 182 Å². The minimum atomic E-state index is 0. The molecule has 0 aliphatic rings. The minimum Gasteiger partial charge on any atom is -0.497 e. The average Bonchev–Trinajstić information content (AvgIpc) is 2.67. The van der Waals surface area contributed by atoms with Crippen LogP contribution in [0.2, 0.25) is 5.02 Å². The number of guanidine groups is 1. The Bertz CT molecular complexity index is 701. The van der Waals surface area contributed by atoms with Crippen molar-refractivity contribution in [3.05, 3.63) is 53.3 Å². The summed E-state index contributed by atoms with van der Waals surface area (Å²) in [6, 6.07) is 9.42. The number of pyridine rings is 1. The molecule has 148 valence electrons. The average molecular weight is 505 g/mol. The lowest BCUT2D eigenvalue weighted by Crippen LogP contribution is -2.39. The smallest absolute Gasteiger partial charge is 0.191 e. The van der Waals surface area contributed by atoms with Crippen LogP contribution < -0.4 is 20.1 Å². The second-order valence-corrected chi connectivity index (χ2v) is 5.84. The maximum absolute atomic E-state index is 6.26. The number of rotatable bonds is 9. The quantitative estimate of drug-likeness (QED) is 0.237. The molecule has 27 heavy (non-hydrogen) atoms. The number of ether oxygens (including phenoxy) is 2. The van der Waals surface area contributed by atoms with Gasteiger partial charge in [0.05, 0.1) is 19.9 Å². The monoisotopic (exact) mass is 504 g/mol. The Morgan fingerprint density at radius 1 is 1.22 bits per heavy atom. The number of nitrogens with one attached hydrogen (secondary N) is 2. The van der Waals surface area contributed by atoms with Crippen LogP contribution in [0.3, 0.4) is 0 Å². The number of nitrogens with zero attached hydrogens (tertiary/aromatic N) is 2. The van der Waals surface area contributed by atoms with E-state index in [0.29, 0.717) is 24.7 Å². The predicted octanol–water partition coefficient (Wildman–Crippen LogP) is 3.54. The summed E-state index contributed by atoms with van der Waals surface area (Å²) in [4.78, 5) is 8.59. The molecule has 6 nitrogen and oxygen atoms in total. The van der Waals surface area contributed by atoms with E-state index in [1.807, 2.05) is 37.3 Å². The van der Waals surface area contributed by atoms with Gasteiger partial charge >= 0.3 is 0 Å². The standard InChI is InChI=1S/C19H25ClN4O2.HI/c1-3-22-19(24-11-12-26-17-5-4-9-21-14-17)23-10-8-15-6-7-16(25-2)13-18(15)20;/h4-7,9,13-14H,3,8,10-12H2,1-2H3,(H2,22,23,24);1H. The van der Waals surface area contributed by atoms with E-state index < -0.39 is 0 Å².